The molecule has 0 radical (unpaired) electrons. The van der Waals surface area contributed by atoms with E-state index < -0.39 is 0 Å². The summed E-state index contributed by atoms with van der Waals surface area (Å²) in [6.45, 7) is 0.225. The van der Waals surface area contributed by atoms with E-state index in [1.165, 1.54) is 52.7 Å². The zero-order valence-corrected chi connectivity index (χ0v) is 19.7. The van der Waals surface area contributed by atoms with Gasteiger partial charge in [0.15, 0.2) is 0 Å². The first kappa shape index (κ1) is 19.0. The molecule has 0 bridgehead atoms. The van der Waals surface area contributed by atoms with Gasteiger partial charge < -0.3 is 0 Å². The predicted octanol–water partition coefficient (Wildman–Crippen LogP) is 5.35. The van der Waals surface area contributed by atoms with E-state index in [4.69, 9.17) is 0 Å². The quantitative estimate of drug-likeness (QED) is 0.299. The van der Waals surface area contributed by atoms with Crippen molar-refractivity contribution < 1.29 is 0 Å². The summed E-state index contributed by atoms with van der Waals surface area (Å²) < 4.78 is 3.03. The first-order chi connectivity index (χ1) is 16.4. The number of hydrogen-bond donors (Lipinski definition) is 0. The van der Waals surface area contributed by atoms with Crippen molar-refractivity contribution in [3.63, 3.8) is 0 Å². The predicted molar refractivity (Wildman–Crippen MR) is 144 cm³/mol. The van der Waals surface area contributed by atoms with E-state index in [2.05, 4.69) is 126 Å². The van der Waals surface area contributed by atoms with Gasteiger partial charge in [-0.1, -0.05) is 0 Å². The van der Waals surface area contributed by atoms with Crippen molar-refractivity contribution in [1.82, 2.24) is 0 Å². The second kappa shape index (κ2) is 7.52. The average Bonchev–Trinajstić information content (AvgIpc) is 3.27. The Morgan fingerprint density at radius 2 is 1.06 bits per heavy atom. The van der Waals surface area contributed by atoms with Gasteiger partial charge in [-0.25, -0.2) is 0 Å². The molecule has 1 aliphatic rings. The van der Waals surface area contributed by atoms with E-state index in [0.717, 1.165) is 0 Å². The van der Waals surface area contributed by atoms with Crippen molar-refractivity contribution in [3.05, 3.63) is 121 Å². The molecule has 0 atom stereocenters. The summed E-state index contributed by atoms with van der Waals surface area (Å²) in [7, 11) is 0. The van der Waals surface area contributed by atoms with Crippen LogP contribution in [0.4, 0.5) is 17.1 Å². The van der Waals surface area contributed by atoms with Crippen LogP contribution in [0.1, 0.15) is 0 Å². The maximum atomic E-state index is 2.42. The van der Waals surface area contributed by atoms with Crippen LogP contribution in [-0.2, 0) is 0 Å². The fourth-order valence-corrected chi connectivity index (χ4v) is 7.97. The molecule has 7 rings (SSSR count). The summed E-state index contributed by atoms with van der Waals surface area (Å²) in [6, 6.07) is 44.5. The van der Waals surface area contributed by atoms with Gasteiger partial charge >= 0.3 is 200 Å². The van der Waals surface area contributed by atoms with Crippen LogP contribution < -0.4 is 21.3 Å². The zero-order chi connectivity index (χ0) is 21.8. The van der Waals surface area contributed by atoms with Crippen LogP contribution in [0.2, 0.25) is 0 Å². The number of benzene rings is 5. The second-order valence-electron chi connectivity index (χ2n) is 8.54. The Hall–Kier alpha value is -3.52. The molecule has 0 unspecified atom stereocenters. The molecular weight excluding hydrogens is 464 g/mol. The van der Waals surface area contributed by atoms with Gasteiger partial charge in [0.05, 0.1) is 0 Å². The molecule has 0 saturated heterocycles. The van der Waals surface area contributed by atoms with Gasteiger partial charge in [-0.15, -0.1) is 0 Å². The van der Waals surface area contributed by atoms with Crippen LogP contribution >= 0.6 is 0 Å². The molecule has 33 heavy (non-hydrogen) atoms. The fourth-order valence-electron chi connectivity index (χ4n) is 5.35. The molecule has 2 heterocycles. The van der Waals surface area contributed by atoms with Crippen molar-refractivity contribution >= 4 is 74.0 Å². The summed E-state index contributed by atoms with van der Waals surface area (Å²) in [5.41, 5.74) is 7.95. The van der Waals surface area contributed by atoms with Gasteiger partial charge in [0.2, 0.25) is 0 Å². The van der Waals surface area contributed by atoms with E-state index in [1.54, 1.807) is 0 Å². The molecule has 0 amide bonds. The summed E-state index contributed by atoms with van der Waals surface area (Å²) in [5.74, 6) is 0. The van der Waals surface area contributed by atoms with Crippen LogP contribution in [0.3, 0.4) is 0 Å². The number of fused-ring (bicyclic) bond motifs is 5. The van der Waals surface area contributed by atoms with Crippen molar-refractivity contribution in [1.29, 1.82) is 0 Å². The van der Waals surface area contributed by atoms with Gasteiger partial charge in [0, 0.05) is 0 Å². The molecular formula is C30H20BNSe. The van der Waals surface area contributed by atoms with Crippen LogP contribution in [0.5, 0.6) is 0 Å². The summed E-state index contributed by atoms with van der Waals surface area (Å²) in [4.78, 5) is 2.42. The average molecular weight is 484 g/mol. The number of nitrogens with zero attached hydrogens (tertiary/aromatic N) is 1. The van der Waals surface area contributed by atoms with Gasteiger partial charge in [0.25, 0.3) is 0 Å². The van der Waals surface area contributed by atoms with Gasteiger partial charge in [-0.05, 0) is 0 Å². The second-order valence-corrected chi connectivity index (χ2v) is 10.8. The molecule has 0 aliphatic carbocycles. The Balaban J connectivity index is 1.54. The Bertz CT molecular complexity index is 1590. The van der Waals surface area contributed by atoms with Crippen LogP contribution in [0.25, 0.3) is 19.3 Å². The van der Waals surface area contributed by atoms with Crippen LogP contribution in [0, 0.1) is 0 Å². The normalized spacial score (nSPS) is 12.7. The third kappa shape index (κ3) is 2.87. The third-order valence-electron chi connectivity index (χ3n) is 6.74. The van der Waals surface area contributed by atoms with E-state index in [9.17, 15) is 0 Å². The van der Waals surface area contributed by atoms with Gasteiger partial charge in [0.1, 0.15) is 0 Å². The van der Waals surface area contributed by atoms with Crippen LogP contribution in [-0.4, -0.2) is 21.2 Å². The molecule has 1 aromatic heterocycles. The van der Waals surface area contributed by atoms with E-state index in [-0.39, 0.29) is 6.71 Å². The number of hydrogen-bond acceptors (Lipinski definition) is 1. The first-order valence-electron chi connectivity index (χ1n) is 11.3. The third-order valence-corrected chi connectivity index (χ3v) is 9.33. The molecule has 0 spiro atoms. The molecule has 3 heteroatoms. The van der Waals surface area contributed by atoms with E-state index in [0.29, 0.717) is 14.5 Å². The molecule has 6 aromatic rings. The zero-order valence-electron chi connectivity index (χ0n) is 18.0. The number of para-hydroxylation sites is 3. The van der Waals surface area contributed by atoms with Gasteiger partial charge in [-0.2, -0.15) is 0 Å². The monoisotopic (exact) mass is 485 g/mol. The molecule has 154 valence electrons. The Kier molecular flexibility index (Phi) is 4.33. The molecule has 0 N–H and O–H groups in total. The van der Waals surface area contributed by atoms with Crippen molar-refractivity contribution in [2.45, 2.75) is 0 Å². The first-order valence-corrected chi connectivity index (χ1v) is 13.0. The summed E-state index contributed by atoms with van der Waals surface area (Å²) in [5, 5.41) is 2.83. The molecule has 0 saturated carbocycles. The summed E-state index contributed by atoms with van der Waals surface area (Å²) in [6.07, 6.45) is 0. The molecule has 1 aliphatic heterocycles. The van der Waals surface area contributed by atoms with Gasteiger partial charge in [-0.3, -0.25) is 0 Å². The Morgan fingerprint density at radius 1 is 0.485 bits per heavy atom. The van der Waals surface area contributed by atoms with Crippen LogP contribution in [0.15, 0.2) is 121 Å². The van der Waals surface area contributed by atoms with Crippen molar-refractivity contribution in [3.8, 4) is 0 Å². The topological polar surface area (TPSA) is 3.24 Å². The number of anilines is 3. The van der Waals surface area contributed by atoms with E-state index >= 15 is 0 Å². The minimum absolute atomic E-state index is 0.225. The molecule has 0 fully saturated rings. The SMILES string of the molecule is c1ccc(N2c3ccccc3B(c3cccc4c3[se]c3ccccc34)c3ccccc32)cc1. The molecule has 1 nitrogen and oxygen atoms in total. The maximum absolute atomic E-state index is 2.42. The molecule has 5 aromatic carbocycles. The standard InChI is InChI=1S/C30H20BNSe/c1-2-11-21(12-3-1)32-27-18-7-5-15-24(27)31(25-16-6-8-19-28(25)32)26-17-10-14-23-22-13-4-9-20-29(22)33-30(23)26/h1-20H. The minimum atomic E-state index is 0.225. The van der Waals surface area contributed by atoms with Crippen molar-refractivity contribution in [2.75, 3.05) is 4.90 Å². The Morgan fingerprint density at radius 3 is 1.82 bits per heavy atom. The van der Waals surface area contributed by atoms with E-state index in [1.807, 2.05) is 0 Å². The van der Waals surface area contributed by atoms with Crippen molar-refractivity contribution in [2.24, 2.45) is 0 Å². The fraction of sp³-hybridized carbons (Fsp3) is 0. The Labute approximate surface area is 199 Å². The number of rotatable bonds is 2. The summed E-state index contributed by atoms with van der Waals surface area (Å²) >= 11 is 0.322.